The van der Waals surface area contributed by atoms with E-state index in [2.05, 4.69) is 15.5 Å². The Morgan fingerprint density at radius 3 is 2.81 bits per heavy atom. The van der Waals surface area contributed by atoms with Gasteiger partial charge in [0, 0.05) is 5.69 Å². The Hall–Kier alpha value is -2.55. The minimum Gasteiger partial charge on any atom is -0.478 e. The summed E-state index contributed by atoms with van der Waals surface area (Å²) < 4.78 is 1.29. The summed E-state index contributed by atoms with van der Waals surface area (Å²) in [5.74, 6) is 4.97. The molecule has 0 aliphatic heterocycles. The van der Waals surface area contributed by atoms with Crippen LogP contribution in [0.4, 0.5) is 5.69 Å². The maximum absolute atomic E-state index is 11.8. The maximum Gasteiger partial charge on any atom is 0.335 e. The number of nitrogens with two attached hydrogens (primary N) is 1. The molecule has 110 valence electrons. The largest absolute Gasteiger partial charge is 0.478 e. The number of nitrogen functional groups attached to an aromatic ring is 1. The number of thioether (sulfide) groups is 1. The Labute approximate surface area is 124 Å². The molecule has 0 spiro atoms. The van der Waals surface area contributed by atoms with Gasteiger partial charge in [0.05, 0.1) is 11.3 Å². The number of carboxylic acid groups (broad SMARTS) is 1. The molecule has 0 saturated heterocycles. The van der Waals surface area contributed by atoms with Crippen molar-refractivity contribution in [3.63, 3.8) is 0 Å². The molecule has 2 aromatic rings. The molecule has 9 heteroatoms. The maximum atomic E-state index is 11.8. The van der Waals surface area contributed by atoms with Crippen molar-refractivity contribution in [1.29, 1.82) is 0 Å². The van der Waals surface area contributed by atoms with Gasteiger partial charge in [-0.3, -0.25) is 4.79 Å². The van der Waals surface area contributed by atoms with E-state index in [0.717, 1.165) is 11.8 Å². The molecule has 21 heavy (non-hydrogen) atoms. The Morgan fingerprint density at radius 1 is 1.43 bits per heavy atom. The van der Waals surface area contributed by atoms with E-state index in [4.69, 9.17) is 10.9 Å². The van der Waals surface area contributed by atoms with Crippen LogP contribution in [0.3, 0.4) is 0 Å². The first-order valence-corrected chi connectivity index (χ1v) is 6.89. The lowest BCUT2D eigenvalue weighted by Crippen LogP contribution is -2.16. The summed E-state index contributed by atoms with van der Waals surface area (Å²) in [5, 5.41) is 19.5. The van der Waals surface area contributed by atoms with E-state index < -0.39 is 5.97 Å². The lowest BCUT2D eigenvalue weighted by Gasteiger charge is -2.05. The number of rotatable bonds is 5. The van der Waals surface area contributed by atoms with Crippen LogP contribution < -0.4 is 11.2 Å². The van der Waals surface area contributed by atoms with Crippen molar-refractivity contribution >= 4 is 29.3 Å². The number of aromatic nitrogens is 3. The lowest BCUT2D eigenvalue weighted by atomic mass is 10.2. The van der Waals surface area contributed by atoms with Gasteiger partial charge in [-0.25, -0.2) is 9.47 Å². The van der Waals surface area contributed by atoms with Crippen molar-refractivity contribution in [1.82, 2.24) is 14.9 Å². The molecule has 1 aromatic carbocycles. The number of amides is 1. The zero-order chi connectivity index (χ0) is 15.4. The third kappa shape index (κ3) is 3.72. The van der Waals surface area contributed by atoms with Gasteiger partial charge >= 0.3 is 5.97 Å². The molecular weight excluding hydrogens is 294 g/mol. The van der Waals surface area contributed by atoms with Crippen LogP contribution in [0.15, 0.2) is 29.4 Å². The molecule has 1 aromatic heterocycles. The number of anilines is 1. The highest BCUT2D eigenvalue weighted by molar-refractivity contribution is 7.99. The fourth-order valence-electron chi connectivity index (χ4n) is 1.51. The summed E-state index contributed by atoms with van der Waals surface area (Å²) in [4.78, 5) is 22.6. The Bertz CT molecular complexity index is 685. The second-order valence-electron chi connectivity index (χ2n) is 4.12. The van der Waals surface area contributed by atoms with Gasteiger partial charge in [0.15, 0.2) is 0 Å². The first-order chi connectivity index (χ1) is 9.97. The third-order valence-electron chi connectivity index (χ3n) is 2.56. The highest BCUT2D eigenvalue weighted by Gasteiger charge is 2.10. The van der Waals surface area contributed by atoms with Gasteiger partial charge in [0.25, 0.3) is 0 Å². The van der Waals surface area contributed by atoms with Crippen LogP contribution >= 0.6 is 11.8 Å². The molecule has 2 rings (SSSR count). The fourth-order valence-corrected chi connectivity index (χ4v) is 2.21. The zero-order valence-electron chi connectivity index (χ0n) is 11.1. The second-order valence-corrected chi connectivity index (χ2v) is 5.07. The summed E-state index contributed by atoms with van der Waals surface area (Å²) >= 11 is 1.14. The monoisotopic (exact) mass is 307 g/mol. The number of carboxylic acids is 1. The molecule has 0 bridgehead atoms. The molecule has 1 heterocycles. The van der Waals surface area contributed by atoms with E-state index in [0.29, 0.717) is 16.7 Å². The number of carbonyl (C=O) groups excluding carboxylic acids is 1. The Morgan fingerprint density at radius 2 is 2.19 bits per heavy atom. The minimum absolute atomic E-state index is 0.0899. The summed E-state index contributed by atoms with van der Waals surface area (Å²) in [7, 11) is 0. The van der Waals surface area contributed by atoms with Crippen LogP contribution in [0.1, 0.15) is 16.2 Å². The van der Waals surface area contributed by atoms with E-state index in [1.54, 1.807) is 19.1 Å². The second kappa shape index (κ2) is 6.27. The third-order valence-corrected chi connectivity index (χ3v) is 3.50. The van der Waals surface area contributed by atoms with Crippen LogP contribution in [-0.4, -0.2) is 37.6 Å². The van der Waals surface area contributed by atoms with E-state index in [1.807, 2.05) is 0 Å². The smallest absolute Gasteiger partial charge is 0.335 e. The van der Waals surface area contributed by atoms with E-state index in [9.17, 15) is 9.59 Å². The number of aromatic carboxylic acids is 1. The average Bonchev–Trinajstić information content (AvgIpc) is 2.77. The first kappa shape index (κ1) is 14.9. The number of aryl methyl sites for hydroxylation is 1. The molecular formula is C12H13N5O3S. The van der Waals surface area contributed by atoms with Crippen molar-refractivity contribution in [3.8, 4) is 0 Å². The molecule has 1 amide bonds. The summed E-state index contributed by atoms with van der Waals surface area (Å²) in [6, 6.07) is 6.02. The Balaban J connectivity index is 1.94. The number of hydrogen-bond acceptors (Lipinski definition) is 6. The van der Waals surface area contributed by atoms with Crippen molar-refractivity contribution < 1.29 is 14.7 Å². The quantitative estimate of drug-likeness (QED) is 0.549. The lowest BCUT2D eigenvalue weighted by molar-refractivity contribution is -0.113. The molecule has 8 nitrogen and oxygen atoms in total. The van der Waals surface area contributed by atoms with Crippen LogP contribution in [0.2, 0.25) is 0 Å². The average molecular weight is 307 g/mol. The molecule has 0 aliphatic carbocycles. The molecule has 0 radical (unpaired) electrons. The van der Waals surface area contributed by atoms with Gasteiger partial charge in [-0.1, -0.05) is 17.8 Å². The first-order valence-electron chi connectivity index (χ1n) is 5.90. The van der Waals surface area contributed by atoms with Crippen LogP contribution in [0.5, 0.6) is 0 Å². The van der Waals surface area contributed by atoms with Crippen molar-refractivity contribution in [3.05, 3.63) is 35.7 Å². The topological polar surface area (TPSA) is 123 Å². The zero-order valence-corrected chi connectivity index (χ0v) is 11.9. The molecule has 0 atom stereocenters. The summed E-state index contributed by atoms with van der Waals surface area (Å²) in [5.41, 5.74) is 0.531. The van der Waals surface area contributed by atoms with E-state index >= 15 is 0 Å². The minimum atomic E-state index is -1.05. The number of nitrogens with one attached hydrogen (secondary N) is 1. The number of nitrogens with zero attached hydrogens (tertiary/aromatic N) is 3. The molecule has 0 aliphatic rings. The van der Waals surface area contributed by atoms with Crippen molar-refractivity contribution in [2.75, 3.05) is 16.9 Å². The van der Waals surface area contributed by atoms with Crippen LogP contribution in [-0.2, 0) is 4.79 Å². The SMILES string of the molecule is Cc1nnc(SCC(=O)Nc2cccc(C(=O)O)c2)n1N. The summed E-state index contributed by atoms with van der Waals surface area (Å²) in [6.45, 7) is 1.70. The molecule has 4 N–H and O–H groups in total. The predicted molar refractivity (Wildman–Crippen MR) is 77.7 cm³/mol. The molecule has 0 unspecified atom stereocenters. The molecule has 0 saturated carbocycles. The van der Waals surface area contributed by atoms with Crippen molar-refractivity contribution in [2.45, 2.75) is 12.1 Å². The van der Waals surface area contributed by atoms with Gasteiger partial charge in [0.1, 0.15) is 5.82 Å². The van der Waals surface area contributed by atoms with Crippen LogP contribution in [0.25, 0.3) is 0 Å². The Kier molecular flexibility index (Phi) is 4.43. The van der Waals surface area contributed by atoms with Gasteiger partial charge in [0.2, 0.25) is 11.1 Å². The predicted octanol–water partition coefficient (Wildman–Crippen LogP) is 0.729. The normalized spacial score (nSPS) is 10.3. The van der Waals surface area contributed by atoms with Gasteiger partial charge in [-0.2, -0.15) is 0 Å². The number of benzene rings is 1. The fraction of sp³-hybridized carbons (Fsp3) is 0.167. The standard InChI is InChI=1S/C12H13N5O3S/c1-7-15-16-12(17(7)13)21-6-10(18)14-9-4-2-3-8(5-9)11(19)20/h2-5H,6,13H2,1H3,(H,14,18)(H,19,20). The summed E-state index contributed by atoms with van der Waals surface area (Å²) in [6.07, 6.45) is 0. The van der Waals surface area contributed by atoms with Crippen LogP contribution in [0, 0.1) is 6.92 Å². The van der Waals surface area contributed by atoms with Crippen molar-refractivity contribution in [2.24, 2.45) is 0 Å². The van der Waals surface area contributed by atoms with Gasteiger partial charge in [-0.05, 0) is 25.1 Å². The molecule has 0 fully saturated rings. The number of carbonyl (C=O) groups is 2. The number of hydrogen-bond donors (Lipinski definition) is 3. The van der Waals surface area contributed by atoms with E-state index in [-0.39, 0.29) is 17.2 Å². The van der Waals surface area contributed by atoms with E-state index in [1.165, 1.54) is 16.8 Å². The van der Waals surface area contributed by atoms with Gasteiger partial charge in [-0.15, -0.1) is 10.2 Å². The van der Waals surface area contributed by atoms with Gasteiger partial charge < -0.3 is 16.3 Å². The highest BCUT2D eigenvalue weighted by Crippen LogP contribution is 2.15. The highest BCUT2D eigenvalue weighted by atomic mass is 32.2.